The highest BCUT2D eigenvalue weighted by molar-refractivity contribution is 6.30. The van der Waals surface area contributed by atoms with Crippen LogP contribution >= 0.6 is 11.6 Å². The molecule has 0 aromatic heterocycles. The second-order valence-electron chi connectivity index (χ2n) is 4.02. The van der Waals surface area contributed by atoms with Crippen LogP contribution in [0.3, 0.4) is 0 Å². The van der Waals surface area contributed by atoms with Crippen molar-refractivity contribution in [2.24, 2.45) is 0 Å². The Morgan fingerprint density at radius 3 is 2.62 bits per heavy atom. The maximum absolute atomic E-state index is 13.4. The molecular formula is C14H9ClF3NO2. The molecule has 21 heavy (non-hydrogen) atoms. The van der Waals surface area contributed by atoms with Crippen molar-refractivity contribution in [3.63, 3.8) is 0 Å². The molecule has 110 valence electrons. The Kier molecular flexibility index (Phi) is 4.70. The second kappa shape index (κ2) is 6.49. The Morgan fingerprint density at radius 2 is 1.90 bits per heavy atom. The summed E-state index contributed by atoms with van der Waals surface area (Å²) >= 11 is 5.74. The van der Waals surface area contributed by atoms with E-state index in [1.807, 2.05) is 0 Å². The molecule has 3 nitrogen and oxygen atoms in total. The van der Waals surface area contributed by atoms with Crippen molar-refractivity contribution in [2.75, 3.05) is 11.9 Å². The maximum Gasteiger partial charge on any atom is 0.262 e. The number of amides is 1. The predicted molar refractivity (Wildman–Crippen MR) is 71.9 cm³/mol. The van der Waals surface area contributed by atoms with Gasteiger partial charge in [-0.25, -0.2) is 13.2 Å². The van der Waals surface area contributed by atoms with E-state index in [1.54, 1.807) is 18.2 Å². The van der Waals surface area contributed by atoms with Gasteiger partial charge in [0, 0.05) is 5.02 Å². The molecule has 2 rings (SSSR count). The number of hydrogen-bond acceptors (Lipinski definition) is 2. The summed E-state index contributed by atoms with van der Waals surface area (Å²) in [4.78, 5) is 11.6. The first-order valence-corrected chi connectivity index (χ1v) is 6.17. The first-order chi connectivity index (χ1) is 9.97. The van der Waals surface area contributed by atoms with Crippen LogP contribution in [0.1, 0.15) is 0 Å². The van der Waals surface area contributed by atoms with Crippen LogP contribution in [-0.2, 0) is 4.79 Å². The molecule has 0 radical (unpaired) electrons. The van der Waals surface area contributed by atoms with Crippen LogP contribution in [0.25, 0.3) is 0 Å². The number of rotatable bonds is 4. The largest absolute Gasteiger partial charge is 0.484 e. The number of benzene rings is 2. The van der Waals surface area contributed by atoms with Crippen molar-refractivity contribution in [2.45, 2.75) is 0 Å². The van der Waals surface area contributed by atoms with Gasteiger partial charge in [0.15, 0.2) is 24.1 Å². The van der Waals surface area contributed by atoms with E-state index >= 15 is 0 Å². The van der Waals surface area contributed by atoms with Crippen LogP contribution in [0.2, 0.25) is 5.02 Å². The van der Waals surface area contributed by atoms with Crippen LogP contribution in [0.4, 0.5) is 18.9 Å². The zero-order chi connectivity index (χ0) is 15.4. The van der Waals surface area contributed by atoms with Crippen molar-refractivity contribution >= 4 is 23.2 Å². The van der Waals surface area contributed by atoms with E-state index in [0.717, 1.165) is 6.07 Å². The zero-order valence-electron chi connectivity index (χ0n) is 10.5. The summed E-state index contributed by atoms with van der Waals surface area (Å²) in [6.07, 6.45) is 0. The quantitative estimate of drug-likeness (QED) is 0.872. The first kappa shape index (κ1) is 15.2. The van der Waals surface area contributed by atoms with Gasteiger partial charge in [0.05, 0.1) is 5.69 Å². The van der Waals surface area contributed by atoms with Gasteiger partial charge in [-0.2, -0.15) is 0 Å². The van der Waals surface area contributed by atoms with E-state index in [9.17, 15) is 18.0 Å². The lowest BCUT2D eigenvalue weighted by molar-refractivity contribution is -0.118. The lowest BCUT2D eigenvalue weighted by Crippen LogP contribution is -2.21. The topological polar surface area (TPSA) is 38.3 Å². The number of carbonyl (C=O) groups excluding carboxylic acids is 1. The number of halogens is 4. The van der Waals surface area contributed by atoms with Gasteiger partial charge in [-0.3, -0.25) is 4.79 Å². The van der Waals surface area contributed by atoms with Gasteiger partial charge in [-0.1, -0.05) is 17.7 Å². The lowest BCUT2D eigenvalue weighted by atomic mass is 10.3. The summed E-state index contributed by atoms with van der Waals surface area (Å²) < 4.78 is 44.2. The standard InChI is InChI=1S/C14H9ClF3NO2/c15-8-2-1-3-9(6-8)21-7-12(20)19-11-5-4-10(16)13(17)14(11)18/h1-6H,7H2,(H,19,20). The van der Waals surface area contributed by atoms with Crippen molar-refractivity contribution < 1.29 is 22.7 Å². The van der Waals surface area contributed by atoms with E-state index in [2.05, 4.69) is 5.32 Å². The average Bonchev–Trinajstić information content (AvgIpc) is 2.46. The van der Waals surface area contributed by atoms with Gasteiger partial charge in [0.1, 0.15) is 5.75 Å². The number of ether oxygens (including phenoxy) is 1. The van der Waals surface area contributed by atoms with Crippen LogP contribution in [-0.4, -0.2) is 12.5 Å². The molecule has 0 unspecified atom stereocenters. The smallest absolute Gasteiger partial charge is 0.262 e. The van der Waals surface area contributed by atoms with Gasteiger partial charge in [0.25, 0.3) is 5.91 Å². The van der Waals surface area contributed by atoms with Crippen LogP contribution in [0.15, 0.2) is 36.4 Å². The number of carbonyl (C=O) groups is 1. The molecule has 2 aromatic rings. The highest BCUT2D eigenvalue weighted by Gasteiger charge is 2.15. The average molecular weight is 316 g/mol. The normalized spacial score (nSPS) is 10.3. The Balaban J connectivity index is 1.98. The fraction of sp³-hybridized carbons (Fsp3) is 0.0714. The third-order valence-electron chi connectivity index (χ3n) is 2.48. The van der Waals surface area contributed by atoms with Crippen LogP contribution in [0, 0.1) is 17.5 Å². The minimum absolute atomic E-state index is 0.350. The van der Waals surface area contributed by atoms with E-state index in [4.69, 9.17) is 16.3 Å². The molecule has 0 aliphatic carbocycles. The molecule has 0 heterocycles. The molecule has 0 aliphatic heterocycles. The molecule has 2 aromatic carbocycles. The van der Waals surface area contributed by atoms with E-state index in [0.29, 0.717) is 16.8 Å². The van der Waals surface area contributed by atoms with Gasteiger partial charge in [0.2, 0.25) is 0 Å². The lowest BCUT2D eigenvalue weighted by Gasteiger charge is -2.09. The third kappa shape index (κ3) is 3.88. The zero-order valence-corrected chi connectivity index (χ0v) is 11.3. The molecule has 0 aliphatic rings. The van der Waals surface area contributed by atoms with Gasteiger partial charge < -0.3 is 10.1 Å². The van der Waals surface area contributed by atoms with Crippen LogP contribution in [0.5, 0.6) is 5.75 Å². The minimum Gasteiger partial charge on any atom is -0.484 e. The molecule has 0 bridgehead atoms. The molecule has 1 N–H and O–H groups in total. The number of anilines is 1. The Morgan fingerprint density at radius 1 is 1.14 bits per heavy atom. The molecule has 7 heteroatoms. The van der Waals surface area contributed by atoms with Crippen molar-refractivity contribution in [3.8, 4) is 5.75 Å². The Labute approximate surface area is 123 Å². The molecule has 0 atom stereocenters. The van der Waals surface area contributed by atoms with Crippen molar-refractivity contribution in [1.29, 1.82) is 0 Å². The highest BCUT2D eigenvalue weighted by atomic mass is 35.5. The summed E-state index contributed by atoms with van der Waals surface area (Å²) in [5.74, 6) is -4.82. The fourth-order valence-electron chi connectivity index (χ4n) is 1.51. The first-order valence-electron chi connectivity index (χ1n) is 5.79. The van der Waals surface area contributed by atoms with Crippen LogP contribution < -0.4 is 10.1 Å². The van der Waals surface area contributed by atoms with Gasteiger partial charge >= 0.3 is 0 Å². The monoisotopic (exact) mass is 315 g/mol. The molecular weight excluding hydrogens is 307 g/mol. The summed E-state index contributed by atoms with van der Waals surface area (Å²) in [6.45, 7) is -0.432. The Hall–Kier alpha value is -2.21. The molecule has 0 saturated carbocycles. The predicted octanol–water partition coefficient (Wildman–Crippen LogP) is 3.77. The second-order valence-corrected chi connectivity index (χ2v) is 4.45. The highest BCUT2D eigenvalue weighted by Crippen LogP contribution is 2.20. The minimum atomic E-state index is -1.65. The van der Waals surface area contributed by atoms with Gasteiger partial charge in [-0.15, -0.1) is 0 Å². The van der Waals surface area contributed by atoms with Crippen molar-refractivity contribution in [3.05, 3.63) is 58.9 Å². The third-order valence-corrected chi connectivity index (χ3v) is 2.71. The Bertz CT molecular complexity index is 679. The molecule has 0 spiro atoms. The SMILES string of the molecule is O=C(COc1cccc(Cl)c1)Nc1ccc(F)c(F)c1F. The van der Waals surface area contributed by atoms with E-state index in [-0.39, 0.29) is 0 Å². The summed E-state index contributed by atoms with van der Waals surface area (Å²) in [5.41, 5.74) is -0.464. The molecule has 0 fully saturated rings. The molecule has 1 amide bonds. The van der Waals surface area contributed by atoms with E-state index < -0.39 is 35.7 Å². The summed E-state index contributed by atoms with van der Waals surface area (Å²) in [7, 11) is 0. The number of hydrogen-bond donors (Lipinski definition) is 1. The van der Waals surface area contributed by atoms with Gasteiger partial charge in [-0.05, 0) is 30.3 Å². The number of nitrogens with one attached hydrogen (secondary N) is 1. The maximum atomic E-state index is 13.4. The summed E-state index contributed by atoms with van der Waals surface area (Å²) in [5, 5.41) is 2.51. The van der Waals surface area contributed by atoms with E-state index in [1.165, 1.54) is 6.07 Å². The summed E-state index contributed by atoms with van der Waals surface area (Å²) in [6, 6.07) is 7.97. The fourth-order valence-corrected chi connectivity index (χ4v) is 1.69. The molecule has 0 saturated heterocycles. The van der Waals surface area contributed by atoms with Crippen molar-refractivity contribution in [1.82, 2.24) is 0 Å².